The Hall–Kier alpha value is -2.33. The first kappa shape index (κ1) is 14.6. The van der Waals surface area contributed by atoms with Crippen molar-refractivity contribution < 1.29 is 4.79 Å². The van der Waals surface area contributed by atoms with Gasteiger partial charge in [0.05, 0.1) is 11.0 Å². The number of rotatable bonds is 3. The highest BCUT2D eigenvalue weighted by molar-refractivity contribution is 6.31. The van der Waals surface area contributed by atoms with E-state index in [1.165, 1.54) is 0 Å². The van der Waals surface area contributed by atoms with Gasteiger partial charge in [0.25, 0.3) is 0 Å². The molecule has 0 spiro atoms. The molecule has 112 valence electrons. The van der Waals surface area contributed by atoms with Crippen molar-refractivity contribution in [1.82, 2.24) is 9.55 Å². The van der Waals surface area contributed by atoms with Crippen LogP contribution in [-0.2, 0) is 11.3 Å². The molecule has 1 N–H and O–H groups in total. The van der Waals surface area contributed by atoms with E-state index in [1.807, 2.05) is 54.8 Å². The number of benzene rings is 2. The number of anilines is 1. The van der Waals surface area contributed by atoms with Gasteiger partial charge in [-0.3, -0.25) is 4.79 Å². The zero-order chi connectivity index (χ0) is 15.7. The molecule has 2 aromatic carbocycles. The molecule has 5 heteroatoms. The molecule has 0 aliphatic rings. The molecule has 0 fully saturated rings. The van der Waals surface area contributed by atoms with Gasteiger partial charge in [-0.05, 0) is 43.7 Å². The molecule has 0 aliphatic heterocycles. The van der Waals surface area contributed by atoms with Crippen molar-refractivity contribution in [1.29, 1.82) is 0 Å². The van der Waals surface area contributed by atoms with Crippen LogP contribution in [0.3, 0.4) is 0 Å². The summed E-state index contributed by atoms with van der Waals surface area (Å²) < 4.78 is 1.90. The van der Waals surface area contributed by atoms with Gasteiger partial charge in [0, 0.05) is 10.7 Å². The molecular weight excluding hydrogens is 298 g/mol. The van der Waals surface area contributed by atoms with Crippen LogP contribution >= 0.6 is 11.6 Å². The van der Waals surface area contributed by atoms with Gasteiger partial charge in [-0.1, -0.05) is 29.8 Å². The summed E-state index contributed by atoms with van der Waals surface area (Å²) >= 11 is 6.08. The van der Waals surface area contributed by atoms with Gasteiger partial charge in [0.1, 0.15) is 12.4 Å². The smallest absolute Gasteiger partial charge is 0.244 e. The topological polar surface area (TPSA) is 46.9 Å². The molecular formula is C17H16ClN3O. The number of aryl methyl sites for hydroxylation is 2. The Labute approximate surface area is 133 Å². The van der Waals surface area contributed by atoms with E-state index in [4.69, 9.17) is 11.6 Å². The van der Waals surface area contributed by atoms with E-state index in [1.54, 1.807) is 6.07 Å². The third-order valence-electron chi connectivity index (χ3n) is 3.60. The molecule has 1 heterocycles. The van der Waals surface area contributed by atoms with E-state index in [-0.39, 0.29) is 12.5 Å². The zero-order valence-electron chi connectivity index (χ0n) is 12.4. The standard InChI is InChI=1S/C17H16ClN3O/c1-11-7-8-13(9-14(11)18)20-17(22)10-21-12(2)19-15-5-3-4-6-16(15)21/h3-9H,10H2,1-2H3,(H,20,22). The number of hydrogen-bond donors (Lipinski definition) is 1. The number of halogens is 1. The highest BCUT2D eigenvalue weighted by Gasteiger charge is 2.11. The van der Waals surface area contributed by atoms with Crippen LogP contribution in [-0.4, -0.2) is 15.5 Å². The molecule has 0 saturated heterocycles. The molecule has 3 aromatic rings. The van der Waals surface area contributed by atoms with Crippen LogP contribution in [0, 0.1) is 13.8 Å². The van der Waals surface area contributed by atoms with Crippen LogP contribution in [0.5, 0.6) is 0 Å². The number of imidazole rings is 1. The highest BCUT2D eigenvalue weighted by atomic mass is 35.5. The number of fused-ring (bicyclic) bond motifs is 1. The first-order valence-electron chi connectivity index (χ1n) is 7.02. The van der Waals surface area contributed by atoms with Crippen molar-refractivity contribution in [2.24, 2.45) is 0 Å². The summed E-state index contributed by atoms with van der Waals surface area (Å²) in [5, 5.41) is 3.51. The van der Waals surface area contributed by atoms with Gasteiger partial charge in [-0.15, -0.1) is 0 Å². The summed E-state index contributed by atoms with van der Waals surface area (Å²) in [4.78, 5) is 16.7. The lowest BCUT2D eigenvalue weighted by Gasteiger charge is -2.09. The maximum absolute atomic E-state index is 12.3. The lowest BCUT2D eigenvalue weighted by molar-refractivity contribution is -0.116. The maximum atomic E-state index is 12.3. The Morgan fingerprint density at radius 1 is 1.23 bits per heavy atom. The summed E-state index contributed by atoms with van der Waals surface area (Å²) in [7, 11) is 0. The van der Waals surface area contributed by atoms with Gasteiger partial charge < -0.3 is 9.88 Å². The van der Waals surface area contributed by atoms with Crippen molar-refractivity contribution in [3.63, 3.8) is 0 Å². The van der Waals surface area contributed by atoms with Crippen LogP contribution in [0.25, 0.3) is 11.0 Å². The first-order chi connectivity index (χ1) is 10.5. The minimum Gasteiger partial charge on any atom is -0.324 e. The first-order valence-corrected chi connectivity index (χ1v) is 7.40. The average molecular weight is 314 g/mol. The van der Waals surface area contributed by atoms with Crippen LogP contribution in [0.15, 0.2) is 42.5 Å². The molecule has 4 nitrogen and oxygen atoms in total. The van der Waals surface area contributed by atoms with Crippen LogP contribution in [0.2, 0.25) is 5.02 Å². The van der Waals surface area contributed by atoms with E-state index in [0.29, 0.717) is 10.7 Å². The predicted octanol–water partition coefficient (Wildman–Crippen LogP) is 3.95. The molecule has 0 atom stereocenters. The fourth-order valence-corrected chi connectivity index (χ4v) is 2.59. The second kappa shape index (κ2) is 5.81. The van der Waals surface area contributed by atoms with Gasteiger partial charge in [-0.25, -0.2) is 4.98 Å². The Morgan fingerprint density at radius 2 is 2.00 bits per heavy atom. The van der Waals surface area contributed by atoms with Crippen LogP contribution in [0.4, 0.5) is 5.69 Å². The number of nitrogens with one attached hydrogen (secondary N) is 1. The summed E-state index contributed by atoms with van der Waals surface area (Å²) in [5.74, 6) is 0.712. The average Bonchev–Trinajstić information content (AvgIpc) is 2.79. The Morgan fingerprint density at radius 3 is 2.77 bits per heavy atom. The summed E-state index contributed by atoms with van der Waals surface area (Å²) in [6.07, 6.45) is 0. The molecule has 0 bridgehead atoms. The Bertz CT molecular complexity index is 854. The summed E-state index contributed by atoms with van der Waals surface area (Å²) in [5.41, 5.74) is 3.53. The summed E-state index contributed by atoms with van der Waals surface area (Å²) in [6.45, 7) is 4.04. The zero-order valence-corrected chi connectivity index (χ0v) is 13.2. The van der Waals surface area contributed by atoms with Gasteiger partial charge >= 0.3 is 0 Å². The number of nitrogens with zero attached hydrogens (tertiary/aromatic N) is 2. The van der Waals surface area contributed by atoms with Gasteiger partial charge in [-0.2, -0.15) is 0 Å². The number of carbonyl (C=O) groups is 1. The third-order valence-corrected chi connectivity index (χ3v) is 4.01. The fourth-order valence-electron chi connectivity index (χ4n) is 2.41. The number of aromatic nitrogens is 2. The van der Waals surface area contributed by atoms with Gasteiger partial charge in [0.2, 0.25) is 5.91 Å². The third kappa shape index (κ3) is 2.83. The van der Waals surface area contributed by atoms with Crippen molar-refractivity contribution in [2.75, 3.05) is 5.32 Å². The van der Waals surface area contributed by atoms with Crippen molar-refractivity contribution in [2.45, 2.75) is 20.4 Å². The lowest BCUT2D eigenvalue weighted by Crippen LogP contribution is -2.19. The second-order valence-electron chi connectivity index (χ2n) is 5.25. The maximum Gasteiger partial charge on any atom is 0.244 e. The molecule has 1 amide bonds. The van der Waals surface area contributed by atoms with E-state index in [2.05, 4.69) is 10.3 Å². The van der Waals surface area contributed by atoms with Gasteiger partial charge in [0.15, 0.2) is 0 Å². The quantitative estimate of drug-likeness (QED) is 0.796. The number of carbonyl (C=O) groups excluding carboxylic acids is 1. The number of para-hydroxylation sites is 2. The van der Waals surface area contributed by atoms with Crippen molar-refractivity contribution in [3.05, 3.63) is 58.9 Å². The SMILES string of the molecule is Cc1ccc(NC(=O)Cn2c(C)nc3ccccc32)cc1Cl. The molecule has 0 saturated carbocycles. The van der Waals surface area contributed by atoms with Crippen molar-refractivity contribution in [3.8, 4) is 0 Å². The minimum absolute atomic E-state index is 0.105. The van der Waals surface area contributed by atoms with E-state index < -0.39 is 0 Å². The largest absolute Gasteiger partial charge is 0.324 e. The predicted molar refractivity (Wildman–Crippen MR) is 89.3 cm³/mol. The molecule has 1 aromatic heterocycles. The highest BCUT2D eigenvalue weighted by Crippen LogP contribution is 2.20. The van der Waals surface area contributed by atoms with E-state index >= 15 is 0 Å². The monoisotopic (exact) mass is 313 g/mol. The Balaban J connectivity index is 1.81. The lowest BCUT2D eigenvalue weighted by atomic mass is 10.2. The second-order valence-corrected chi connectivity index (χ2v) is 5.65. The summed E-state index contributed by atoms with van der Waals surface area (Å²) in [6, 6.07) is 13.3. The number of amides is 1. The van der Waals surface area contributed by atoms with E-state index in [0.717, 1.165) is 22.4 Å². The molecule has 0 unspecified atom stereocenters. The molecule has 0 aliphatic carbocycles. The van der Waals surface area contributed by atoms with E-state index in [9.17, 15) is 4.79 Å². The van der Waals surface area contributed by atoms with Crippen LogP contribution < -0.4 is 5.32 Å². The van der Waals surface area contributed by atoms with Crippen molar-refractivity contribution >= 4 is 34.2 Å². The molecule has 22 heavy (non-hydrogen) atoms. The molecule has 3 rings (SSSR count). The van der Waals surface area contributed by atoms with Crippen LogP contribution in [0.1, 0.15) is 11.4 Å². The fraction of sp³-hybridized carbons (Fsp3) is 0.176. The Kier molecular flexibility index (Phi) is 3.86. The normalized spacial score (nSPS) is 10.9. The molecule has 0 radical (unpaired) electrons. The number of hydrogen-bond acceptors (Lipinski definition) is 2. The minimum atomic E-state index is -0.105.